The molecular weight excluding hydrogens is 200 g/mol. The fourth-order valence-electron chi connectivity index (χ4n) is 2.54. The van der Waals surface area contributed by atoms with Crippen LogP contribution in [-0.2, 0) is 7.05 Å². The lowest BCUT2D eigenvalue weighted by Crippen LogP contribution is -2.39. The van der Waals surface area contributed by atoms with Crippen LogP contribution >= 0.6 is 0 Å². The molecule has 1 unspecified atom stereocenters. The maximum Gasteiger partial charge on any atom is 0.205 e. The Hall–Kier alpha value is -1.03. The molecule has 0 amide bonds. The van der Waals surface area contributed by atoms with E-state index >= 15 is 0 Å². The zero-order valence-electron chi connectivity index (χ0n) is 9.89. The highest BCUT2D eigenvalue weighted by molar-refractivity contribution is 5.34. The first-order chi connectivity index (χ1) is 7.84. The molecular formula is C12H20N4. The summed E-state index contributed by atoms with van der Waals surface area (Å²) in [4.78, 5) is 6.91. The average Bonchev–Trinajstić information content (AvgIpc) is 2.83. The molecule has 1 aliphatic carbocycles. The molecule has 1 aromatic heterocycles. The number of aromatic nitrogens is 2. The van der Waals surface area contributed by atoms with Crippen LogP contribution in [0, 0.1) is 0 Å². The van der Waals surface area contributed by atoms with Gasteiger partial charge in [-0.1, -0.05) is 0 Å². The Morgan fingerprint density at radius 3 is 3.00 bits per heavy atom. The summed E-state index contributed by atoms with van der Waals surface area (Å²) in [5.74, 6) is 1.13. The molecule has 2 heterocycles. The van der Waals surface area contributed by atoms with E-state index in [2.05, 4.69) is 26.8 Å². The molecule has 1 aliphatic heterocycles. The van der Waals surface area contributed by atoms with Crippen molar-refractivity contribution < 1.29 is 0 Å². The minimum atomic E-state index is 0.640. The molecule has 1 aromatic rings. The normalized spacial score (nSPS) is 25.3. The van der Waals surface area contributed by atoms with Crippen molar-refractivity contribution in [2.75, 3.05) is 18.0 Å². The lowest BCUT2D eigenvalue weighted by atomic mass is 10.2. The van der Waals surface area contributed by atoms with Crippen LogP contribution < -0.4 is 10.2 Å². The minimum Gasteiger partial charge on any atom is -0.338 e. The molecule has 4 heteroatoms. The quantitative estimate of drug-likeness (QED) is 0.826. The molecule has 0 spiro atoms. The maximum atomic E-state index is 4.45. The molecule has 0 radical (unpaired) electrons. The van der Waals surface area contributed by atoms with Gasteiger partial charge in [-0.25, -0.2) is 4.98 Å². The fraction of sp³-hybridized carbons (Fsp3) is 0.750. The first-order valence-corrected chi connectivity index (χ1v) is 6.32. The summed E-state index contributed by atoms with van der Waals surface area (Å²) < 4.78 is 2.12. The van der Waals surface area contributed by atoms with Crippen LogP contribution in [0.2, 0.25) is 0 Å². The smallest absolute Gasteiger partial charge is 0.205 e. The van der Waals surface area contributed by atoms with E-state index in [1.165, 1.54) is 25.7 Å². The number of anilines is 1. The maximum absolute atomic E-state index is 4.45. The molecule has 0 aromatic carbocycles. The van der Waals surface area contributed by atoms with Gasteiger partial charge in [0.2, 0.25) is 5.95 Å². The van der Waals surface area contributed by atoms with Crippen LogP contribution in [0.5, 0.6) is 0 Å². The van der Waals surface area contributed by atoms with E-state index in [0.717, 1.165) is 25.1 Å². The summed E-state index contributed by atoms with van der Waals surface area (Å²) in [5.41, 5.74) is 0. The highest BCUT2D eigenvalue weighted by Gasteiger charge is 2.29. The van der Waals surface area contributed by atoms with Crippen LogP contribution in [-0.4, -0.2) is 34.7 Å². The number of hydrogen-bond donors (Lipinski definition) is 1. The van der Waals surface area contributed by atoms with Crippen molar-refractivity contribution >= 4 is 5.95 Å². The predicted molar refractivity (Wildman–Crippen MR) is 64.6 cm³/mol. The molecule has 16 heavy (non-hydrogen) atoms. The van der Waals surface area contributed by atoms with Crippen molar-refractivity contribution in [2.45, 2.75) is 37.8 Å². The van der Waals surface area contributed by atoms with Crippen LogP contribution in [0.3, 0.4) is 0 Å². The summed E-state index contributed by atoms with van der Waals surface area (Å²) in [6.07, 6.45) is 9.25. The van der Waals surface area contributed by atoms with E-state index in [4.69, 9.17) is 0 Å². The van der Waals surface area contributed by atoms with Crippen molar-refractivity contribution in [1.29, 1.82) is 0 Å². The van der Waals surface area contributed by atoms with Gasteiger partial charge in [0.25, 0.3) is 0 Å². The summed E-state index contributed by atoms with van der Waals surface area (Å²) in [6, 6.07) is 1.45. The van der Waals surface area contributed by atoms with Gasteiger partial charge in [-0.15, -0.1) is 0 Å². The molecule has 4 nitrogen and oxygen atoms in total. The number of aryl methyl sites for hydroxylation is 1. The SMILES string of the molecule is Cn1ccnc1N1CCCC1CNC1CC1. The van der Waals surface area contributed by atoms with Crippen molar-refractivity contribution in [3.8, 4) is 0 Å². The molecule has 0 bridgehead atoms. The zero-order valence-corrected chi connectivity index (χ0v) is 9.89. The molecule has 1 atom stereocenters. The van der Waals surface area contributed by atoms with Gasteiger partial charge in [-0.2, -0.15) is 0 Å². The molecule has 1 saturated heterocycles. The standard InChI is InChI=1S/C12H20N4/c1-15-8-6-13-12(15)16-7-2-3-11(16)9-14-10-4-5-10/h6,8,10-11,14H,2-5,7,9H2,1H3. The summed E-state index contributed by atoms with van der Waals surface area (Å²) >= 11 is 0. The molecule has 2 aliphatic rings. The van der Waals surface area contributed by atoms with E-state index in [0.29, 0.717) is 6.04 Å². The van der Waals surface area contributed by atoms with E-state index in [1.54, 1.807) is 0 Å². The minimum absolute atomic E-state index is 0.640. The monoisotopic (exact) mass is 220 g/mol. The second-order valence-electron chi connectivity index (χ2n) is 5.01. The number of nitrogens with zero attached hydrogens (tertiary/aromatic N) is 3. The van der Waals surface area contributed by atoms with Gasteiger partial charge in [0, 0.05) is 44.6 Å². The first-order valence-electron chi connectivity index (χ1n) is 6.32. The number of nitrogens with one attached hydrogen (secondary N) is 1. The Balaban J connectivity index is 1.66. The third-order valence-electron chi connectivity index (χ3n) is 3.65. The van der Waals surface area contributed by atoms with Crippen LogP contribution in [0.4, 0.5) is 5.95 Å². The van der Waals surface area contributed by atoms with Gasteiger partial charge < -0.3 is 14.8 Å². The van der Waals surface area contributed by atoms with Gasteiger partial charge in [0.1, 0.15) is 0 Å². The van der Waals surface area contributed by atoms with Gasteiger partial charge in [-0.3, -0.25) is 0 Å². The molecule has 1 saturated carbocycles. The second-order valence-corrected chi connectivity index (χ2v) is 5.01. The van der Waals surface area contributed by atoms with E-state index in [9.17, 15) is 0 Å². The van der Waals surface area contributed by atoms with Crippen molar-refractivity contribution in [2.24, 2.45) is 7.05 Å². The summed E-state index contributed by atoms with van der Waals surface area (Å²) in [6.45, 7) is 2.28. The lowest BCUT2D eigenvalue weighted by molar-refractivity contribution is 0.562. The summed E-state index contributed by atoms with van der Waals surface area (Å²) in [5, 5.41) is 3.63. The van der Waals surface area contributed by atoms with Crippen molar-refractivity contribution in [3.63, 3.8) is 0 Å². The fourth-order valence-corrected chi connectivity index (χ4v) is 2.54. The molecule has 1 N–H and O–H groups in total. The van der Waals surface area contributed by atoms with E-state index in [-0.39, 0.29) is 0 Å². The van der Waals surface area contributed by atoms with Crippen LogP contribution in [0.15, 0.2) is 12.4 Å². The average molecular weight is 220 g/mol. The topological polar surface area (TPSA) is 33.1 Å². The Bertz CT molecular complexity index is 356. The van der Waals surface area contributed by atoms with E-state index in [1.807, 2.05) is 12.4 Å². The summed E-state index contributed by atoms with van der Waals surface area (Å²) in [7, 11) is 2.08. The Morgan fingerprint density at radius 2 is 2.31 bits per heavy atom. The first kappa shape index (κ1) is 10.1. The number of rotatable bonds is 4. The molecule has 88 valence electrons. The van der Waals surface area contributed by atoms with Gasteiger partial charge >= 0.3 is 0 Å². The van der Waals surface area contributed by atoms with Gasteiger partial charge in [-0.05, 0) is 25.7 Å². The van der Waals surface area contributed by atoms with Crippen molar-refractivity contribution in [3.05, 3.63) is 12.4 Å². The predicted octanol–water partition coefficient (Wildman–Crippen LogP) is 1.14. The Morgan fingerprint density at radius 1 is 1.44 bits per heavy atom. The third-order valence-corrected chi connectivity index (χ3v) is 3.65. The largest absolute Gasteiger partial charge is 0.338 e. The van der Waals surface area contributed by atoms with Gasteiger partial charge in [0.15, 0.2) is 0 Å². The van der Waals surface area contributed by atoms with E-state index < -0.39 is 0 Å². The molecule has 2 fully saturated rings. The van der Waals surface area contributed by atoms with Crippen molar-refractivity contribution in [1.82, 2.24) is 14.9 Å². The second kappa shape index (κ2) is 4.09. The zero-order chi connectivity index (χ0) is 11.0. The Kier molecular flexibility index (Phi) is 2.59. The number of hydrogen-bond acceptors (Lipinski definition) is 3. The van der Waals surface area contributed by atoms with Gasteiger partial charge in [0.05, 0.1) is 0 Å². The highest BCUT2D eigenvalue weighted by Crippen LogP contribution is 2.24. The third kappa shape index (κ3) is 1.94. The Labute approximate surface area is 96.7 Å². The molecule has 3 rings (SSSR count). The lowest BCUT2D eigenvalue weighted by Gasteiger charge is -2.25. The highest BCUT2D eigenvalue weighted by atomic mass is 15.3. The van der Waals surface area contributed by atoms with Crippen LogP contribution in [0.1, 0.15) is 25.7 Å². The number of imidazole rings is 1. The van der Waals surface area contributed by atoms with Crippen LogP contribution in [0.25, 0.3) is 0 Å².